The van der Waals surface area contributed by atoms with E-state index < -0.39 is 22.6 Å². The van der Waals surface area contributed by atoms with Gasteiger partial charge >= 0.3 is 5.97 Å². The van der Waals surface area contributed by atoms with E-state index >= 15 is 0 Å². The molecule has 0 aromatic heterocycles. The number of carbonyl (C=O) groups excluding carboxylic acids is 1. The summed E-state index contributed by atoms with van der Waals surface area (Å²) >= 11 is 0. The van der Waals surface area contributed by atoms with Crippen molar-refractivity contribution in [1.82, 2.24) is 9.21 Å². The van der Waals surface area contributed by atoms with E-state index in [9.17, 15) is 18.0 Å². The molecule has 1 aromatic rings. The first-order chi connectivity index (χ1) is 12.2. The van der Waals surface area contributed by atoms with Crippen LogP contribution in [0.25, 0.3) is 0 Å². The minimum absolute atomic E-state index is 0.102. The molecule has 0 aliphatic carbocycles. The number of piperidine rings is 1. The lowest BCUT2D eigenvalue weighted by atomic mass is 9.97. The molecular formula is C17H24N2O6S. The Kier molecular flexibility index (Phi) is 6.60. The maximum Gasteiger partial charge on any atom is 0.341 e. The maximum atomic E-state index is 12.7. The number of nitrogens with zero attached hydrogens (tertiary/aromatic N) is 2. The molecule has 1 N–H and O–H groups in total. The largest absolute Gasteiger partial charge is 0.482 e. The SMILES string of the molecule is CN(CC1CCCN(C(=O)c2ccc(OCC(=O)O)cc2)C1)S(C)(=O)=O. The van der Waals surface area contributed by atoms with Gasteiger partial charge in [-0.2, -0.15) is 0 Å². The lowest BCUT2D eigenvalue weighted by molar-refractivity contribution is -0.139. The van der Waals surface area contributed by atoms with Crippen LogP contribution in [0.3, 0.4) is 0 Å². The molecule has 26 heavy (non-hydrogen) atoms. The summed E-state index contributed by atoms with van der Waals surface area (Å²) in [4.78, 5) is 24.9. The third kappa shape index (κ3) is 5.70. The third-order valence-electron chi connectivity index (χ3n) is 4.35. The minimum atomic E-state index is -3.23. The number of rotatable bonds is 7. The van der Waals surface area contributed by atoms with Gasteiger partial charge in [0.15, 0.2) is 6.61 Å². The highest BCUT2D eigenvalue weighted by Crippen LogP contribution is 2.21. The molecule has 144 valence electrons. The van der Waals surface area contributed by atoms with Gasteiger partial charge in [-0.15, -0.1) is 0 Å². The topological polar surface area (TPSA) is 104 Å². The number of amides is 1. The summed E-state index contributed by atoms with van der Waals surface area (Å²) in [6, 6.07) is 6.33. The van der Waals surface area contributed by atoms with Crippen LogP contribution in [0.15, 0.2) is 24.3 Å². The summed E-state index contributed by atoms with van der Waals surface area (Å²) in [5, 5.41) is 8.60. The van der Waals surface area contributed by atoms with Crippen LogP contribution in [0.5, 0.6) is 5.75 Å². The number of carboxylic acids is 1. The van der Waals surface area contributed by atoms with Crippen LogP contribution < -0.4 is 4.74 Å². The Balaban J connectivity index is 1.97. The zero-order valence-corrected chi connectivity index (χ0v) is 15.7. The Morgan fingerprint density at radius 1 is 1.31 bits per heavy atom. The standard InChI is InChI=1S/C17H24N2O6S/c1-18(26(2,23)24)10-13-4-3-9-19(11-13)17(22)14-5-7-15(8-6-14)25-12-16(20)21/h5-8,13H,3-4,9-12H2,1-2H3,(H,20,21). The predicted octanol–water partition coefficient (Wildman–Crippen LogP) is 0.894. The van der Waals surface area contributed by atoms with Gasteiger partial charge in [0, 0.05) is 32.2 Å². The second-order valence-electron chi connectivity index (χ2n) is 6.51. The predicted molar refractivity (Wildman–Crippen MR) is 95.7 cm³/mol. The molecule has 1 unspecified atom stereocenters. The van der Waals surface area contributed by atoms with Crippen LogP contribution in [0.1, 0.15) is 23.2 Å². The summed E-state index contributed by atoms with van der Waals surface area (Å²) in [5.41, 5.74) is 0.491. The highest BCUT2D eigenvalue weighted by atomic mass is 32.2. The van der Waals surface area contributed by atoms with E-state index in [1.165, 1.54) is 10.6 Å². The fourth-order valence-electron chi connectivity index (χ4n) is 2.92. The number of sulfonamides is 1. The molecule has 1 aromatic carbocycles. The van der Waals surface area contributed by atoms with Crippen LogP contribution in [0, 0.1) is 5.92 Å². The minimum Gasteiger partial charge on any atom is -0.482 e. The maximum absolute atomic E-state index is 12.7. The Morgan fingerprint density at radius 2 is 1.96 bits per heavy atom. The van der Waals surface area contributed by atoms with E-state index in [-0.39, 0.29) is 11.8 Å². The average Bonchev–Trinajstić information content (AvgIpc) is 2.59. The van der Waals surface area contributed by atoms with Crippen LogP contribution >= 0.6 is 0 Å². The monoisotopic (exact) mass is 384 g/mol. The van der Waals surface area contributed by atoms with Crippen molar-refractivity contribution in [3.8, 4) is 5.75 Å². The smallest absolute Gasteiger partial charge is 0.341 e. The summed E-state index contributed by atoms with van der Waals surface area (Å²) in [6.07, 6.45) is 2.88. The van der Waals surface area contributed by atoms with E-state index in [1.807, 2.05) is 0 Å². The molecule has 1 fully saturated rings. The molecule has 1 atom stereocenters. The van der Waals surface area contributed by atoms with Crippen LogP contribution in [-0.2, 0) is 14.8 Å². The Labute approximate surface area is 153 Å². The van der Waals surface area contributed by atoms with E-state index in [2.05, 4.69) is 0 Å². The van der Waals surface area contributed by atoms with Gasteiger partial charge in [-0.3, -0.25) is 4.79 Å². The molecule has 0 spiro atoms. The molecule has 0 saturated carbocycles. The van der Waals surface area contributed by atoms with Gasteiger partial charge in [-0.05, 0) is 43.0 Å². The first-order valence-corrected chi connectivity index (χ1v) is 10.2. The fraction of sp³-hybridized carbons (Fsp3) is 0.529. The van der Waals surface area contributed by atoms with Crippen molar-refractivity contribution in [2.75, 3.05) is 39.5 Å². The number of carboxylic acid groups (broad SMARTS) is 1. The quantitative estimate of drug-likeness (QED) is 0.749. The van der Waals surface area contributed by atoms with E-state index in [4.69, 9.17) is 9.84 Å². The second kappa shape index (κ2) is 8.50. The van der Waals surface area contributed by atoms with Crippen LogP contribution in [0.4, 0.5) is 0 Å². The van der Waals surface area contributed by atoms with Crippen LogP contribution in [0.2, 0.25) is 0 Å². The molecule has 0 radical (unpaired) electrons. The van der Waals surface area contributed by atoms with Gasteiger partial charge in [0.05, 0.1) is 6.26 Å². The number of likely N-dealkylation sites (tertiary alicyclic amines) is 1. The van der Waals surface area contributed by atoms with Crippen molar-refractivity contribution in [1.29, 1.82) is 0 Å². The van der Waals surface area contributed by atoms with Crippen molar-refractivity contribution in [3.63, 3.8) is 0 Å². The Morgan fingerprint density at radius 3 is 2.54 bits per heavy atom. The van der Waals surface area contributed by atoms with E-state index in [0.29, 0.717) is 30.9 Å². The molecule has 8 nitrogen and oxygen atoms in total. The molecule has 1 heterocycles. The van der Waals surface area contributed by atoms with Crippen molar-refractivity contribution in [3.05, 3.63) is 29.8 Å². The molecule has 1 aliphatic heterocycles. The van der Waals surface area contributed by atoms with Gasteiger partial charge in [-0.25, -0.2) is 17.5 Å². The number of ether oxygens (including phenoxy) is 1. The summed E-state index contributed by atoms with van der Waals surface area (Å²) in [6.45, 7) is 1.10. The highest BCUT2D eigenvalue weighted by molar-refractivity contribution is 7.88. The number of hydrogen-bond acceptors (Lipinski definition) is 5. The summed E-state index contributed by atoms with van der Waals surface area (Å²) in [7, 11) is -1.69. The molecule has 0 bridgehead atoms. The molecule has 9 heteroatoms. The van der Waals surface area contributed by atoms with Gasteiger partial charge in [0.25, 0.3) is 5.91 Å². The zero-order valence-electron chi connectivity index (χ0n) is 14.9. The number of aliphatic carboxylic acids is 1. The number of carbonyl (C=O) groups is 2. The lowest BCUT2D eigenvalue weighted by Crippen LogP contribution is -2.44. The Hall–Kier alpha value is -2.13. The van der Waals surface area contributed by atoms with Crippen LogP contribution in [-0.4, -0.2) is 74.2 Å². The molecule has 1 aliphatic rings. The van der Waals surface area contributed by atoms with Crippen molar-refractivity contribution in [2.24, 2.45) is 5.92 Å². The fourth-order valence-corrected chi connectivity index (χ4v) is 3.40. The van der Waals surface area contributed by atoms with Gasteiger partial charge in [0.1, 0.15) is 5.75 Å². The molecule has 1 saturated heterocycles. The van der Waals surface area contributed by atoms with Crippen molar-refractivity contribution < 1.29 is 27.9 Å². The number of hydrogen-bond donors (Lipinski definition) is 1. The number of benzene rings is 1. The average molecular weight is 384 g/mol. The van der Waals surface area contributed by atoms with E-state index in [0.717, 1.165) is 12.8 Å². The lowest BCUT2D eigenvalue weighted by Gasteiger charge is -2.34. The summed E-state index contributed by atoms with van der Waals surface area (Å²) < 4.78 is 29.5. The first kappa shape index (κ1) is 20.2. The van der Waals surface area contributed by atoms with Gasteiger partial charge in [0.2, 0.25) is 10.0 Å². The Bertz CT molecular complexity index is 747. The van der Waals surface area contributed by atoms with Gasteiger partial charge in [-0.1, -0.05) is 0 Å². The van der Waals surface area contributed by atoms with E-state index in [1.54, 1.807) is 36.2 Å². The third-order valence-corrected chi connectivity index (χ3v) is 5.63. The molecule has 1 amide bonds. The molecule has 2 rings (SSSR count). The first-order valence-electron chi connectivity index (χ1n) is 8.32. The highest BCUT2D eigenvalue weighted by Gasteiger charge is 2.27. The zero-order chi connectivity index (χ0) is 19.3. The molecular weight excluding hydrogens is 360 g/mol. The normalized spacial score (nSPS) is 18.0. The summed E-state index contributed by atoms with van der Waals surface area (Å²) in [5.74, 6) is -0.703. The van der Waals surface area contributed by atoms with Crippen molar-refractivity contribution in [2.45, 2.75) is 12.8 Å². The van der Waals surface area contributed by atoms with Crippen molar-refractivity contribution >= 4 is 21.9 Å². The second-order valence-corrected chi connectivity index (χ2v) is 8.60. The van der Waals surface area contributed by atoms with Gasteiger partial charge < -0.3 is 14.7 Å².